The monoisotopic (exact) mass is 328 g/mol. The summed E-state index contributed by atoms with van der Waals surface area (Å²) < 4.78 is 10.8. The van der Waals surface area contributed by atoms with Crippen LogP contribution in [0, 0.1) is 10.1 Å². The van der Waals surface area contributed by atoms with Crippen molar-refractivity contribution in [2.24, 2.45) is 0 Å². The van der Waals surface area contributed by atoms with E-state index < -0.39 is 0 Å². The van der Waals surface area contributed by atoms with Crippen LogP contribution < -0.4 is 14.8 Å². The highest BCUT2D eigenvalue weighted by Crippen LogP contribution is 2.38. The fraction of sp³-hybridized carbons (Fsp3) is 0.333. The SMILES string of the molecule is COc1cc2c(cc1OC)C(c1ccc([N+](=O)[O-])cc1)NC(C)C2. The number of methoxy groups -OCH3 is 2. The second kappa shape index (κ2) is 6.49. The van der Waals surface area contributed by atoms with E-state index in [-0.39, 0.29) is 22.7 Å². The van der Waals surface area contributed by atoms with Crippen LogP contribution in [0.2, 0.25) is 0 Å². The van der Waals surface area contributed by atoms with Crippen molar-refractivity contribution in [2.75, 3.05) is 14.2 Å². The Labute approximate surface area is 140 Å². The van der Waals surface area contributed by atoms with Crippen molar-refractivity contribution in [3.8, 4) is 11.5 Å². The highest BCUT2D eigenvalue weighted by molar-refractivity contribution is 5.52. The first-order chi connectivity index (χ1) is 11.5. The molecule has 6 heteroatoms. The van der Waals surface area contributed by atoms with Gasteiger partial charge in [-0.15, -0.1) is 0 Å². The first-order valence-electron chi connectivity index (χ1n) is 7.78. The van der Waals surface area contributed by atoms with Crippen molar-refractivity contribution < 1.29 is 14.4 Å². The number of hydrogen-bond acceptors (Lipinski definition) is 5. The predicted octanol–water partition coefficient (Wildman–Crippen LogP) is 3.24. The zero-order chi connectivity index (χ0) is 17.3. The van der Waals surface area contributed by atoms with Crippen LogP contribution in [-0.4, -0.2) is 25.2 Å². The van der Waals surface area contributed by atoms with Gasteiger partial charge in [-0.1, -0.05) is 12.1 Å². The summed E-state index contributed by atoms with van der Waals surface area (Å²) in [5.74, 6) is 1.40. The van der Waals surface area contributed by atoms with Gasteiger partial charge in [-0.05, 0) is 42.2 Å². The minimum absolute atomic E-state index is 0.0376. The Balaban J connectivity index is 2.05. The van der Waals surface area contributed by atoms with Crippen LogP contribution in [0.15, 0.2) is 36.4 Å². The first kappa shape index (κ1) is 16.3. The topological polar surface area (TPSA) is 73.6 Å². The molecular weight excluding hydrogens is 308 g/mol. The van der Waals surface area contributed by atoms with Gasteiger partial charge < -0.3 is 14.8 Å². The molecule has 126 valence electrons. The molecule has 6 nitrogen and oxygen atoms in total. The van der Waals surface area contributed by atoms with Gasteiger partial charge in [-0.25, -0.2) is 0 Å². The number of nitrogens with one attached hydrogen (secondary N) is 1. The summed E-state index contributed by atoms with van der Waals surface area (Å²) >= 11 is 0. The van der Waals surface area contributed by atoms with Crippen molar-refractivity contribution in [2.45, 2.75) is 25.4 Å². The molecule has 24 heavy (non-hydrogen) atoms. The van der Waals surface area contributed by atoms with Gasteiger partial charge in [0.2, 0.25) is 0 Å². The first-order valence-corrected chi connectivity index (χ1v) is 7.78. The van der Waals surface area contributed by atoms with E-state index in [1.165, 1.54) is 17.7 Å². The molecule has 0 saturated heterocycles. The quantitative estimate of drug-likeness (QED) is 0.689. The van der Waals surface area contributed by atoms with E-state index >= 15 is 0 Å². The Hall–Kier alpha value is -2.60. The number of benzene rings is 2. The molecule has 0 spiro atoms. The van der Waals surface area contributed by atoms with Gasteiger partial charge in [-0.3, -0.25) is 10.1 Å². The molecule has 0 bridgehead atoms. The summed E-state index contributed by atoms with van der Waals surface area (Å²) in [7, 11) is 3.24. The van der Waals surface area contributed by atoms with Crippen LogP contribution >= 0.6 is 0 Å². The van der Waals surface area contributed by atoms with Crippen LogP contribution in [-0.2, 0) is 6.42 Å². The highest BCUT2D eigenvalue weighted by atomic mass is 16.6. The number of ether oxygens (including phenoxy) is 2. The molecule has 0 radical (unpaired) electrons. The number of hydrogen-bond donors (Lipinski definition) is 1. The Morgan fingerprint density at radius 3 is 2.33 bits per heavy atom. The molecule has 2 aromatic rings. The molecule has 2 atom stereocenters. The van der Waals surface area contributed by atoms with E-state index in [1.807, 2.05) is 12.1 Å². The third-order valence-electron chi connectivity index (χ3n) is 4.37. The van der Waals surface area contributed by atoms with Crippen molar-refractivity contribution in [1.82, 2.24) is 5.32 Å². The summed E-state index contributed by atoms with van der Waals surface area (Å²) in [4.78, 5) is 10.5. The normalized spacial score (nSPS) is 19.5. The second-order valence-electron chi connectivity index (χ2n) is 5.96. The lowest BCUT2D eigenvalue weighted by molar-refractivity contribution is -0.384. The Bertz CT molecular complexity index is 758. The maximum atomic E-state index is 10.9. The summed E-state index contributed by atoms with van der Waals surface area (Å²) in [6.07, 6.45) is 0.888. The lowest BCUT2D eigenvalue weighted by atomic mass is 9.86. The minimum atomic E-state index is -0.386. The summed E-state index contributed by atoms with van der Waals surface area (Å²) in [5.41, 5.74) is 3.39. The average molecular weight is 328 g/mol. The number of fused-ring (bicyclic) bond motifs is 1. The number of non-ortho nitro benzene ring substituents is 1. The van der Waals surface area contributed by atoms with Gasteiger partial charge >= 0.3 is 0 Å². The zero-order valence-electron chi connectivity index (χ0n) is 13.9. The molecule has 0 fully saturated rings. The average Bonchev–Trinajstić information content (AvgIpc) is 2.59. The van der Waals surface area contributed by atoms with Gasteiger partial charge in [0.1, 0.15) is 0 Å². The van der Waals surface area contributed by atoms with Crippen LogP contribution in [0.4, 0.5) is 5.69 Å². The molecule has 3 rings (SSSR count). The molecule has 1 aliphatic rings. The van der Waals surface area contributed by atoms with Gasteiger partial charge in [0.15, 0.2) is 11.5 Å². The van der Waals surface area contributed by atoms with E-state index in [1.54, 1.807) is 26.4 Å². The van der Waals surface area contributed by atoms with Crippen LogP contribution in [0.25, 0.3) is 0 Å². The van der Waals surface area contributed by atoms with E-state index in [2.05, 4.69) is 12.2 Å². The largest absolute Gasteiger partial charge is 0.493 e. The zero-order valence-corrected chi connectivity index (χ0v) is 13.9. The molecule has 2 unspecified atom stereocenters. The molecule has 0 amide bonds. The van der Waals surface area contributed by atoms with E-state index in [9.17, 15) is 10.1 Å². The highest BCUT2D eigenvalue weighted by Gasteiger charge is 2.27. The number of nitrogens with zero attached hydrogens (tertiary/aromatic N) is 1. The smallest absolute Gasteiger partial charge is 0.269 e. The third-order valence-corrected chi connectivity index (χ3v) is 4.37. The van der Waals surface area contributed by atoms with Gasteiger partial charge in [0, 0.05) is 18.2 Å². The number of rotatable bonds is 4. The summed E-state index contributed by atoms with van der Waals surface area (Å²) in [6, 6.07) is 10.9. The Morgan fingerprint density at radius 2 is 1.75 bits per heavy atom. The molecule has 2 aromatic carbocycles. The fourth-order valence-corrected chi connectivity index (χ4v) is 3.21. The molecule has 1 heterocycles. The van der Waals surface area contributed by atoms with Crippen LogP contribution in [0.1, 0.15) is 29.7 Å². The molecule has 0 aliphatic carbocycles. The van der Waals surface area contributed by atoms with Gasteiger partial charge in [0.25, 0.3) is 5.69 Å². The fourth-order valence-electron chi connectivity index (χ4n) is 3.21. The number of nitro benzene ring substituents is 1. The van der Waals surface area contributed by atoms with Crippen molar-refractivity contribution in [1.29, 1.82) is 0 Å². The maximum absolute atomic E-state index is 10.9. The standard InChI is InChI=1S/C18H20N2O4/c1-11-8-13-9-16(23-2)17(24-3)10-15(13)18(19-11)12-4-6-14(7-5-12)20(21)22/h4-7,9-11,18-19H,8H2,1-3H3. The van der Waals surface area contributed by atoms with E-state index in [4.69, 9.17) is 9.47 Å². The molecule has 1 aliphatic heterocycles. The lowest BCUT2D eigenvalue weighted by Gasteiger charge is -2.32. The molecule has 0 saturated carbocycles. The lowest BCUT2D eigenvalue weighted by Crippen LogP contribution is -2.37. The molecule has 0 aromatic heterocycles. The van der Waals surface area contributed by atoms with Crippen molar-refractivity contribution in [3.05, 3.63) is 63.2 Å². The number of nitro groups is 1. The Morgan fingerprint density at radius 1 is 1.12 bits per heavy atom. The van der Waals surface area contributed by atoms with Gasteiger partial charge in [-0.2, -0.15) is 0 Å². The van der Waals surface area contributed by atoms with Gasteiger partial charge in [0.05, 0.1) is 25.2 Å². The Kier molecular flexibility index (Phi) is 4.40. The third kappa shape index (κ3) is 2.92. The predicted molar refractivity (Wildman–Crippen MR) is 90.8 cm³/mol. The van der Waals surface area contributed by atoms with E-state index in [0.29, 0.717) is 11.5 Å². The maximum Gasteiger partial charge on any atom is 0.269 e. The summed E-state index contributed by atoms with van der Waals surface area (Å²) in [6.45, 7) is 2.12. The second-order valence-corrected chi connectivity index (χ2v) is 5.96. The van der Waals surface area contributed by atoms with Crippen molar-refractivity contribution >= 4 is 5.69 Å². The van der Waals surface area contributed by atoms with Crippen LogP contribution in [0.5, 0.6) is 11.5 Å². The van der Waals surface area contributed by atoms with Crippen LogP contribution in [0.3, 0.4) is 0 Å². The van der Waals surface area contributed by atoms with Crippen molar-refractivity contribution in [3.63, 3.8) is 0 Å². The minimum Gasteiger partial charge on any atom is -0.493 e. The molecule has 1 N–H and O–H groups in total. The molecular formula is C18H20N2O4. The summed E-state index contributed by atoms with van der Waals surface area (Å²) in [5, 5.41) is 14.4. The van der Waals surface area contributed by atoms with E-state index in [0.717, 1.165) is 17.5 Å².